The van der Waals surface area contributed by atoms with E-state index >= 15 is 0 Å². The summed E-state index contributed by atoms with van der Waals surface area (Å²) in [4.78, 5) is 17.0. The summed E-state index contributed by atoms with van der Waals surface area (Å²) in [6.07, 6.45) is 0.474. The van der Waals surface area contributed by atoms with Gasteiger partial charge >= 0.3 is 0 Å². The summed E-state index contributed by atoms with van der Waals surface area (Å²) in [5.74, 6) is 0.570. The third-order valence-electron chi connectivity index (χ3n) is 5.23. The van der Waals surface area contributed by atoms with Gasteiger partial charge < -0.3 is 15.0 Å². The van der Waals surface area contributed by atoms with Gasteiger partial charge in [0.05, 0.1) is 18.8 Å². The molecule has 1 fully saturated rings. The monoisotopic (exact) mass is 361 g/mol. The number of nitrogens with one attached hydrogen (secondary N) is 1. The van der Waals surface area contributed by atoms with Crippen LogP contribution in [-0.4, -0.2) is 55.2 Å². The summed E-state index contributed by atoms with van der Waals surface area (Å²) < 4.78 is 5.79. The number of hydrogen-bond acceptors (Lipinski definition) is 4. The standard InChI is InChI=1S/C21H35N3O2/c1-7-23(18(6)15(2)3)14-21(25)22-19-8-10-20(11-9-19)24-12-16(4)26-17(5)13-24/h8-11,15-18H,7,12-14H2,1-6H3,(H,22,25). The zero-order valence-electron chi connectivity index (χ0n) is 17.2. The lowest BCUT2D eigenvalue weighted by Gasteiger charge is -2.36. The first kappa shape index (κ1) is 20.7. The normalized spacial score (nSPS) is 21.9. The van der Waals surface area contributed by atoms with Crippen molar-refractivity contribution in [2.45, 2.75) is 59.8 Å². The van der Waals surface area contributed by atoms with Crippen molar-refractivity contribution in [3.05, 3.63) is 24.3 Å². The molecule has 1 heterocycles. The fraction of sp³-hybridized carbons (Fsp3) is 0.667. The zero-order chi connectivity index (χ0) is 19.3. The summed E-state index contributed by atoms with van der Waals surface area (Å²) in [7, 11) is 0. The second kappa shape index (κ2) is 9.38. The molecule has 0 bridgehead atoms. The van der Waals surface area contributed by atoms with Crippen LogP contribution in [0.25, 0.3) is 0 Å². The Bertz CT molecular complexity index is 563. The van der Waals surface area contributed by atoms with Crippen molar-refractivity contribution >= 4 is 17.3 Å². The van der Waals surface area contributed by atoms with Crippen LogP contribution in [0, 0.1) is 5.92 Å². The predicted octanol–water partition coefficient (Wildman–Crippen LogP) is 3.61. The van der Waals surface area contributed by atoms with Crippen molar-refractivity contribution in [2.24, 2.45) is 5.92 Å². The molecule has 26 heavy (non-hydrogen) atoms. The first-order chi connectivity index (χ1) is 12.3. The number of benzene rings is 1. The van der Waals surface area contributed by atoms with Crippen molar-refractivity contribution < 1.29 is 9.53 Å². The third-order valence-corrected chi connectivity index (χ3v) is 5.23. The van der Waals surface area contributed by atoms with Crippen LogP contribution >= 0.6 is 0 Å². The minimum atomic E-state index is 0.0423. The minimum Gasteiger partial charge on any atom is -0.372 e. The quantitative estimate of drug-likeness (QED) is 0.806. The number of carbonyl (C=O) groups excluding carboxylic acids is 1. The van der Waals surface area contributed by atoms with Crippen LogP contribution in [0.2, 0.25) is 0 Å². The minimum absolute atomic E-state index is 0.0423. The molecule has 5 nitrogen and oxygen atoms in total. The van der Waals surface area contributed by atoms with E-state index in [4.69, 9.17) is 4.74 Å². The lowest BCUT2D eigenvalue weighted by Crippen LogP contribution is -2.45. The van der Waals surface area contributed by atoms with Gasteiger partial charge in [0.25, 0.3) is 0 Å². The summed E-state index contributed by atoms with van der Waals surface area (Å²) >= 11 is 0. The molecule has 146 valence electrons. The molecule has 1 aliphatic heterocycles. The van der Waals surface area contributed by atoms with Gasteiger partial charge in [-0.25, -0.2) is 0 Å². The first-order valence-electron chi connectivity index (χ1n) is 9.84. The smallest absolute Gasteiger partial charge is 0.238 e. The molecule has 3 unspecified atom stereocenters. The number of carbonyl (C=O) groups is 1. The van der Waals surface area contributed by atoms with Gasteiger partial charge in [0.2, 0.25) is 5.91 Å². The fourth-order valence-electron chi connectivity index (χ4n) is 3.49. The van der Waals surface area contributed by atoms with Gasteiger partial charge in [0.1, 0.15) is 0 Å². The molecule has 0 radical (unpaired) electrons. The lowest BCUT2D eigenvalue weighted by atomic mass is 10.0. The van der Waals surface area contributed by atoms with E-state index in [1.165, 1.54) is 5.69 Å². The average Bonchev–Trinajstić information content (AvgIpc) is 2.58. The number of hydrogen-bond donors (Lipinski definition) is 1. The highest BCUT2D eigenvalue weighted by Crippen LogP contribution is 2.22. The van der Waals surface area contributed by atoms with Gasteiger partial charge in [0, 0.05) is 30.5 Å². The maximum atomic E-state index is 12.4. The van der Waals surface area contributed by atoms with E-state index in [1.54, 1.807) is 0 Å². The van der Waals surface area contributed by atoms with Crippen LogP contribution < -0.4 is 10.2 Å². The molecule has 1 aromatic carbocycles. The summed E-state index contributed by atoms with van der Waals surface area (Å²) in [6.45, 7) is 16.0. The number of likely N-dealkylation sites (N-methyl/N-ethyl adjacent to an activating group) is 1. The molecule has 5 heteroatoms. The Hall–Kier alpha value is -1.59. The van der Waals surface area contributed by atoms with Crippen LogP contribution in [0.15, 0.2) is 24.3 Å². The van der Waals surface area contributed by atoms with Crippen molar-refractivity contribution in [1.29, 1.82) is 0 Å². The highest BCUT2D eigenvalue weighted by atomic mass is 16.5. The second-order valence-electron chi connectivity index (χ2n) is 7.81. The van der Waals surface area contributed by atoms with Crippen LogP contribution in [0.1, 0.15) is 41.5 Å². The third kappa shape index (κ3) is 5.71. The molecule has 0 aromatic heterocycles. The van der Waals surface area contributed by atoms with Gasteiger partial charge in [-0.1, -0.05) is 20.8 Å². The Kier molecular flexibility index (Phi) is 7.47. The molecule has 3 atom stereocenters. The van der Waals surface area contributed by atoms with Crippen LogP contribution in [0.4, 0.5) is 11.4 Å². The molecule has 2 rings (SSSR count). The highest BCUT2D eigenvalue weighted by molar-refractivity contribution is 5.92. The Balaban J connectivity index is 1.93. The second-order valence-corrected chi connectivity index (χ2v) is 7.81. The largest absolute Gasteiger partial charge is 0.372 e. The van der Waals surface area contributed by atoms with Gasteiger partial charge in [-0.05, 0) is 57.5 Å². The van der Waals surface area contributed by atoms with Gasteiger partial charge in [-0.2, -0.15) is 0 Å². The molecule has 1 N–H and O–H groups in total. The molecule has 1 amide bonds. The van der Waals surface area contributed by atoms with Crippen molar-refractivity contribution in [1.82, 2.24) is 4.90 Å². The van der Waals surface area contributed by atoms with E-state index < -0.39 is 0 Å². The Morgan fingerprint density at radius 2 is 1.77 bits per heavy atom. The number of rotatable bonds is 7. The summed E-state index contributed by atoms with van der Waals surface area (Å²) in [6, 6.07) is 8.52. The molecule has 1 aliphatic rings. The number of amides is 1. The first-order valence-corrected chi connectivity index (χ1v) is 9.84. The van der Waals surface area contributed by atoms with E-state index in [9.17, 15) is 4.79 Å². The van der Waals surface area contributed by atoms with Gasteiger partial charge in [0.15, 0.2) is 0 Å². The van der Waals surface area contributed by atoms with Crippen molar-refractivity contribution in [3.8, 4) is 0 Å². The SMILES string of the molecule is CCN(CC(=O)Nc1ccc(N2CC(C)OC(C)C2)cc1)C(C)C(C)C. The Labute approximate surface area is 158 Å². The molecule has 1 saturated heterocycles. The van der Waals surface area contributed by atoms with E-state index in [0.717, 1.165) is 25.3 Å². The van der Waals surface area contributed by atoms with Crippen molar-refractivity contribution in [3.63, 3.8) is 0 Å². The summed E-state index contributed by atoms with van der Waals surface area (Å²) in [5.41, 5.74) is 2.02. The van der Waals surface area contributed by atoms with E-state index in [1.807, 2.05) is 12.1 Å². The molecule has 1 aromatic rings. The maximum Gasteiger partial charge on any atom is 0.238 e. The fourth-order valence-corrected chi connectivity index (χ4v) is 3.49. The number of ether oxygens (including phenoxy) is 1. The molecule has 0 spiro atoms. The molecule has 0 aliphatic carbocycles. The van der Waals surface area contributed by atoms with Crippen LogP contribution in [-0.2, 0) is 9.53 Å². The van der Waals surface area contributed by atoms with Crippen LogP contribution in [0.5, 0.6) is 0 Å². The zero-order valence-corrected chi connectivity index (χ0v) is 17.2. The number of morpholine rings is 1. The molecule has 0 saturated carbocycles. The average molecular weight is 362 g/mol. The Morgan fingerprint density at radius 1 is 1.19 bits per heavy atom. The van der Waals surface area contributed by atoms with Crippen LogP contribution in [0.3, 0.4) is 0 Å². The molecular weight excluding hydrogens is 326 g/mol. The predicted molar refractivity (Wildman–Crippen MR) is 109 cm³/mol. The van der Waals surface area contributed by atoms with Gasteiger partial charge in [-0.15, -0.1) is 0 Å². The van der Waals surface area contributed by atoms with E-state index in [0.29, 0.717) is 18.5 Å². The Morgan fingerprint density at radius 3 is 2.27 bits per heavy atom. The summed E-state index contributed by atoms with van der Waals surface area (Å²) in [5, 5.41) is 3.02. The van der Waals surface area contributed by atoms with E-state index in [2.05, 4.69) is 68.8 Å². The van der Waals surface area contributed by atoms with Crippen molar-refractivity contribution in [2.75, 3.05) is 36.4 Å². The topological polar surface area (TPSA) is 44.8 Å². The highest BCUT2D eigenvalue weighted by Gasteiger charge is 2.22. The van der Waals surface area contributed by atoms with Gasteiger partial charge in [-0.3, -0.25) is 9.69 Å². The molecular formula is C21H35N3O2. The lowest BCUT2D eigenvalue weighted by molar-refractivity contribution is -0.117. The maximum absolute atomic E-state index is 12.4. The number of nitrogens with zero attached hydrogens (tertiary/aromatic N) is 2. The number of anilines is 2. The van der Waals surface area contributed by atoms with E-state index in [-0.39, 0.29) is 18.1 Å².